The Kier molecular flexibility index (Phi) is 6.37. The zero-order valence-electron chi connectivity index (χ0n) is 7.82. The number of rotatable bonds is 4. The van der Waals surface area contributed by atoms with E-state index in [-0.39, 0.29) is 12.4 Å². The second-order valence-electron chi connectivity index (χ2n) is 2.70. The number of nitrogens with two attached hydrogens (primary N) is 1. The van der Waals surface area contributed by atoms with Crippen molar-refractivity contribution in [2.24, 2.45) is 5.73 Å². The summed E-state index contributed by atoms with van der Waals surface area (Å²) in [5.41, 5.74) is 6.61. The molecular formula is C10H16ClNO. The zero-order chi connectivity index (χ0) is 8.81. The van der Waals surface area contributed by atoms with Gasteiger partial charge in [0.15, 0.2) is 0 Å². The van der Waals surface area contributed by atoms with Crippen LogP contribution < -0.4 is 10.5 Å². The van der Waals surface area contributed by atoms with Crippen LogP contribution in [0.2, 0.25) is 0 Å². The highest BCUT2D eigenvalue weighted by Crippen LogP contribution is 2.12. The molecule has 13 heavy (non-hydrogen) atoms. The minimum absolute atomic E-state index is 0. The van der Waals surface area contributed by atoms with Crippen LogP contribution in [-0.4, -0.2) is 6.61 Å². The molecule has 74 valence electrons. The van der Waals surface area contributed by atoms with E-state index in [4.69, 9.17) is 10.5 Å². The highest BCUT2D eigenvalue weighted by atomic mass is 35.5. The smallest absolute Gasteiger partial charge is 0.119 e. The topological polar surface area (TPSA) is 35.2 Å². The van der Waals surface area contributed by atoms with Crippen LogP contribution in [0.5, 0.6) is 5.75 Å². The van der Waals surface area contributed by atoms with E-state index in [0.29, 0.717) is 6.54 Å². The van der Waals surface area contributed by atoms with Crippen LogP contribution in [0.3, 0.4) is 0 Å². The number of halogens is 1. The van der Waals surface area contributed by atoms with E-state index in [1.807, 2.05) is 24.3 Å². The Morgan fingerprint density at radius 3 is 2.77 bits per heavy atom. The Morgan fingerprint density at radius 2 is 2.15 bits per heavy atom. The van der Waals surface area contributed by atoms with E-state index in [2.05, 4.69) is 6.92 Å². The molecule has 0 aliphatic rings. The van der Waals surface area contributed by atoms with Crippen molar-refractivity contribution >= 4 is 12.4 Å². The van der Waals surface area contributed by atoms with E-state index in [1.54, 1.807) is 0 Å². The Labute approximate surface area is 85.5 Å². The van der Waals surface area contributed by atoms with Crippen molar-refractivity contribution in [3.8, 4) is 5.75 Å². The molecule has 0 aromatic heterocycles. The summed E-state index contributed by atoms with van der Waals surface area (Å²) in [7, 11) is 0. The van der Waals surface area contributed by atoms with E-state index >= 15 is 0 Å². The zero-order valence-corrected chi connectivity index (χ0v) is 8.64. The Bertz CT molecular complexity index is 240. The molecular weight excluding hydrogens is 186 g/mol. The van der Waals surface area contributed by atoms with Crippen molar-refractivity contribution in [3.63, 3.8) is 0 Å². The van der Waals surface area contributed by atoms with Crippen LogP contribution in [0.25, 0.3) is 0 Å². The van der Waals surface area contributed by atoms with Crippen molar-refractivity contribution in [1.29, 1.82) is 0 Å². The van der Waals surface area contributed by atoms with Crippen molar-refractivity contribution in [1.82, 2.24) is 0 Å². The Morgan fingerprint density at radius 1 is 1.38 bits per heavy atom. The highest BCUT2D eigenvalue weighted by molar-refractivity contribution is 5.85. The molecule has 0 atom stereocenters. The van der Waals surface area contributed by atoms with Crippen LogP contribution in [0.4, 0.5) is 0 Å². The third kappa shape index (κ3) is 4.15. The van der Waals surface area contributed by atoms with Gasteiger partial charge in [0, 0.05) is 6.54 Å². The van der Waals surface area contributed by atoms with Crippen LogP contribution in [-0.2, 0) is 6.54 Å². The summed E-state index contributed by atoms with van der Waals surface area (Å²) >= 11 is 0. The van der Waals surface area contributed by atoms with Gasteiger partial charge >= 0.3 is 0 Å². The number of benzene rings is 1. The summed E-state index contributed by atoms with van der Waals surface area (Å²) in [5.74, 6) is 0.916. The lowest BCUT2D eigenvalue weighted by atomic mass is 10.2. The van der Waals surface area contributed by atoms with Crippen molar-refractivity contribution in [3.05, 3.63) is 29.8 Å². The van der Waals surface area contributed by atoms with Crippen LogP contribution in [0.1, 0.15) is 18.9 Å². The molecule has 0 amide bonds. The minimum Gasteiger partial charge on any atom is -0.494 e. The molecule has 0 saturated heterocycles. The average molecular weight is 202 g/mol. The van der Waals surface area contributed by atoms with E-state index in [0.717, 1.165) is 24.3 Å². The first-order valence-corrected chi connectivity index (χ1v) is 4.28. The van der Waals surface area contributed by atoms with Gasteiger partial charge in [-0.1, -0.05) is 19.1 Å². The minimum atomic E-state index is 0. The van der Waals surface area contributed by atoms with Crippen molar-refractivity contribution < 1.29 is 4.74 Å². The van der Waals surface area contributed by atoms with Gasteiger partial charge in [-0.25, -0.2) is 0 Å². The molecule has 2 nitrogen and oxygen atoms in total. The SMILES string of the molecule is CCCOc1cccc(CN)c1.Cl. The van der Waals surface area contributed by atoms with E-state index in [9.17, 15) is 0 Å². The van der Waals surface area contributed by atoms with Gasteiger partial charge in [-0.05, 0) is 24.1 Å². The van der Waals surface area contributed by atoms with Gasteiger partial charge in [0.2, 0.25) is 0 Å². The fraction of sp³-hybridized carbons (Fsp3) is 0.400. The predicted molar refractivity (Wildman–Crippen MR) is 57.4 cm³/mol. The first-order valence-electron chi connectivity index (χ1n) is 4.28. The molecule has 0 aliphatic heterocycles. The second kappa shape index (κ2) is 6.75. The van der Waals surface area contributed by atoms with Crippen LogP contribution in [0, 0.1) is 0 Å². The molecule has 0 spiro atoms. The van der Waals surface area contributed by atoms with Gasteiger partial charge in [0.05, 0.1) is 6.61 Å². The van der Waals surface area contributed by atoms with Gasteiger partial charge in [0.1, 0.15) is 5.75 Å². The molecule has 1 aromatic carbocycles. The number of hydrogen-bond acceptors (Lipinski definition) is 2. The standard InChI is InChI=1S/C10H15NO.ClH/c1-2-6-12-10-5-3-4-9(7-10)8-11;/h3-5,7H,2,6,8,11H2,1H3;1H. The second-order valence-corrected chi connectivity index (χ2v) is 2.70. The molecule has 0 bridgehead atoms. The fourth-order valence-corrected chi connectivity index (χ4v) is 0.982. The van der Waals surface area contributed by atoms with Gasteiger partial charge in [-0.15, -0.1) is 12.4 Å². The molecule has 3 heteroatoms. The molecule has 1 rings (SSSR count). The summed E-state index contributed by atoms with van der Waals surface area (Å²) in [6.07, 6.45) is 1.03. The average Bonchev–Trinajstić information content (AvgIpc) is 2.15. The fourth-order valence-electron chi connectivity index (χ4n) is 0.982. The molecule has 0 saturated carbocycles. The van der Waals surface area contributed by atoms with Gasteiger partial charge in [-0.2, -0.15) is 0 Å². The molecule has 0 aliphatic carbocycles. The van der Waals surface area contributed by atoms with E-state index < -0.39 is 0 Å². The predicted octanol–water partition coefficient (Wildman–Crippen LogP) is 2.36. The molecule has 2 N–H and O–H groups in total. The highest BCUT2D eigenvalue weighted by Gasteiger charge is 1.93. The maximum atomic E-state index is 5.49. The first kappa shape index (κ1) is 12.3. The van der Waals surface area contributed by atoms with Crippen LogP contribution in [0.15, 0.2) is 24.3 Å². The number of ether oxygens (including phenoxy) is 1. The largest absolute Gasteiger partial charge is 0.494 e. The van der Waals surface area contributed by atoms with Gasteiger partial charge in [0.25, 0.3) is 0 Å². The number of hydrogen-bond donors (Lipinski definition) is 1. The monoisotopic (exact) mass is 201 g/mol. The lowest BCUT2D eigenvalue weighted by molar-refractivity contribution is 0.317. The maximum absolute atomic E-state index is 5.49. The molecule has 0 fully saturated rings. The molecule has 0 heterocycles. The lowest BCUT2D eigenvalue weighted by Gasteiger charge is -2.05. The summed E-state index contributed by atoms with van der Waals surface area (Å²) < 4.78 is 5.44. The van der Waals surface area contributed by atoms with Crippen LogP contribution >= 0.6 is 12.4 Å². The summed E-state index contributed by atoms with van der Waals surface area (Å²) in [5, 5.41) is 0. The molecule has 0 unspecified atom stereocenters. The third-order valence-electron chi connectivity index (χ3n) is 1.61. The lowest BCUT2D eigenvalue weighted by Crippen LogP contribution is -1.98. The summed E-state index contributed by atoms with van der Waals surface area (Å²) in [4.78, 5) is 0. The Balaban J connectivity index is 0.00000144. The summed E-state index contributed by atoms with van der Waals surface area (Å²) in [6.45, 7) is 3.43. The quantitative estimate of drug-likeness (QED) is 0.812. The third-order valence-corrected chi connectivity index (χ3v) is 1.61. The normalized spacial score (nSPS) is 9.08. The Hall–Kier alpha value is -0.730. The molecule has 1 aromatic rings. The molecule has 0 radical (unpaired) electrons. The first-order chi connectivity index (χ1) is 5.86. The van der Waals surface area contributed by atoms with Crippen molar-refractivity contribution in [2.45, 2.75) is 19.9 Å². The van der Waals surface area contributed by atoms with Gasteiger partial charge < -0.3 is 10.5 Å². The summed E-state index contributed by atoms with van der Waals surface area (Å²) in [6, 6.07) is 7.90. The van der Waals surface area contributed by atoms with Crippen molar-refractivity contribution in [2.75, 3.05) is 6.61 Å². The van der Waals surface area contributed by atoms with Gasteiger partial charge in [-0.3, -0.25) is 0 Å². The van der Waals surface area contributed by atoms with E-state index in [1.165, 1.54) is 0 Å². The maximum Gasteiger partial charge on any atom is 0.119 e.